The average molecular weight is 347 g/mol. The fraction of sp³-hybridized carbons (Fsp3) is 0.500. The first kappa shape index (κ1) is 20.0. The van der Waals surface area contributed by atoms with E-state index in [0.29, 0.717) is 6.42 Å². The summed E-state index contributed by atoms with van der Waals surface area (Å²) in [7, 11) is 1.17. The molecule has 0 heterocycles. The largest absolute Gasteiger partial charge is 0.467 e. The van der Waals surface area contributed by atoms with Gasteiger partial charge in [-0.2, -0.15) is 13.2 Å². The number of carbonyl (C=O) groups excluding carboxylic acids is 2. The van der Waals surface area contributed by atoms with Gasteiger partial charge in [0.2, 0.25) is 0 Å². The number of amides is 1. The van der Waals surface area contributed by atoms with Gasteiger partial charge in [0, 0.05) is 0 Å². The number of rotatable bonds is 6. The van der Waals surface area contributed by atoms with Crippen molar-refractivity contribution in [2.45, 2.75) is 38.6 Å². The summed E-state index contributed by atoms with van der Waals surface area (Å²) in [6.07, 6.45) is -5.89. The number of carbonyl (C=O) groups is 2. The Hall–Kier alpha value is -2.09. The van der Waals surface area contributed by atoms with Crippen LogP contribution >= 0.6 is 0 Å². The quantitative estimate of drug-likeness (QED) is 0.775. The van der Waals surface area contributed by atoms with Crippen molar-refractivity contribution in [3.05, 3.63) is 35.4 Å². The third-order valence-corrected chi connectivity index (χ3v) is 3.31. The van der Waals surface area contributed by atoms with Gasteiger partial charge in [-0.3, -0.25) is 4.79 Å². The van der Waals surface area contributed by atoms with Crippen molar-refractivity contribution in [2.24, 2.45) is 5.92 Å². The van der Waals surface area contributed by atoms with Crippen molar-refractivity contribution in [1.29, 1.82) is 0 Å². The van der Waals surface area contributed by atoms with Gasteiger partial charge in [0.1, 0.15) is 6.04 Å². The van der Waals surface area contributed by atoms with Crippen molar-refractivity contribution < 1.29 is 32.6 Å². The zero-order valence-corrected chi connectivity index (χ0v) is 13.6. The maximum atomic E-state index is 12.5. The maximum absolute atomic E-state index is 12.5. The molecule has 0 bridgehead atoms. The van der Waals surface area contributed by atoms with Crippen LogP contribution in [0.15, 0.2) is 24.3 Å². The minimum absolute atomic E-state index is 0.00587. The fourth-order valence-corrected chi connectivity index (χ4v) is 2.08. The van der Waals surface area contributed by atoms with Crippen LogP contribution in [0.1, 0.15) is 37.5 Å². The van der Waals surface area contributed by atoms with E-state index in [4.69, 9.17) is 0 Å². The van der Waals surface area contributed by atoms with E-state index in [2.05, 4.69) is 10.1 Å². The number of benzene rings is 1. The average Bonchev–Trinajstić information content (AvgIpc) is 2.51. The maximum Gasteiger partial charge on any atom is 0.416 e. The number of aliphatic hydroxyl groups is 1. The highest BCUT2D eigenvalue weighted by molar-refractivity contribution is 5.87. The van der Waals surface area contributed by atoms with E-state index < -0.39 is 35.8 Å². The van der Waals surface area contributed by atoms with Crippen molar-refractivity contribution in [3.8, 4) is 0 Å². The molecule has 0 saturated heterocycles. The summed E-state index contributed by atoms with van der Waals surface area (Å²) in [5, 5.41) is 12.3. The van der Waals surface area contributed by atoms with Crippen molar-refractivity contribution in [2.75, 3.05) is 7.11 Å². The van der Waals surface area contributed by atoms with Crippen LogP contribution in [0.3, 0.4) is 0 Å². The van der Waals surface area contributed by atoms with Crippen LogP contribution in [0.4, 0.5) is 13.2 Å². The molecule has 134 valence electrons. The zero-order chi connectivity index (χ0) is 18.5. The van der Waals surface area contributed by atoms with Gasteiger partial charge in [-0.15, -0.1) is 0 Å². The van der Waals surface area contributed by atoms with Crippen LogP contribution in [0.25, 0.3) is 0 Å². The molecule has 1 amide bonds. The predicted octanol–water partition coefficient (Wildman–Crippen LogP) is 2.44. The van der Waals surface area contributed by atoms with Crippen LogP contribution in [-0.2, 0) is 20.5 Å². The van der Waals surface area contributed by atoms with E-state index >= 15 is 0 Å². The summed E-state index contributed by atoms with van der Waals surface area (Å²) < 4.78 is 42.1. The molecule has 24 heavy (non-hydrogen) atoms. The number of ether oxygens (including phenoxy) is 1. The number of hydrogen-bond acceptors (Lipinski definition) is 4. The Labute approximate surface area is 137 Å². The number of hydrogen-bond donors (Lipinski definition) is 2. The first-order valence-electron chi connectivity index (χ1n) is 7.29. The minimum atomic E-state index is -4.50. The van der Waals surface area contributed by atoms with Crippen LogP contribution in [0.5, 0.6) is 0 Å². The summed E-state index contributed by atoms with van der Waals surface area (Å²) in [6.45, 7) is 3.68. The van der Waals surface area contributed by atoms with Crippen molar-refractivity contribution in [3.63, 3.8) is 0 Å². The molecule has 0 fully saturated rings. The summed E-state index contributed by atoms with van der Waals surface area (Å²) in [4.78, 5) is 23.7. The van der Waals surface area contributed by atoms with Crippen LogP contribution < -0.4 is 5.32 Å². The second-order valence-electron chi connectivity index (χ2n) is 5.74. The number of methoxy groups -OCH3 is 1. The predicted molar refractivity (Wildman–Crippen MR) is 79.8 cm³/mol. The van der Waals surface area contributed by atoms with E-state index in [1.54, 1.807) is 0 Å². The first-order valence-corrected chi connectivity index (χ1v) is 7.29. The Morgan fingerprint density at radius 1 is 1.21 bits per heavy atom. The lowest BCUT2D eigenvalue weighted by atomic mass is 10.0. The molecule has 0 spiro atoms. The molecule has 0 aliphatic heterocycles. The van der Waals surface area contributed by atoms with E-state index in [1.807, 2.05) is 13.8 Å². The van der Waals surface area contributed by atoms with Gasteiger partial charge in [0.15, 0.2) is 6.10 Å². The van der Waals surface area contributed by atoms with Gasteiger partial charge in [0.05, 0.1) is 12.7 Å². The Balaban J connectivity index is 2.83. The number of esters is 1. The van der Waals surface area contributed by atoms with Gasteiger partial charge in [-0.05, 0) is 30.0 Å². The first-order chi connectivity index (χ1) is 11.1. The summed E-state index contributed by atoms with van der Waals surface area (Å²) in [5.74, 6) is -1.46. The Morgan fingerprint density at radius 3 is 2.17 bits per heavy atom. The van der Waals surface area contributed by atoms with E-state index in [1.165, 1.54) is 7.11 Å². The number of halogens is 3. The highest BCUT2D eigenvalue weighted by Crippen LogP contribution is 2.30. The number of nitrogens with one attached hydrogen (secondary N) is 1. The highest BCUT2D eigenvalue weighted by atomic mass is 19.4. The molecule has 1 rings (SSSR count). The second kappa shape index (κ2) is 8.14. The summed E-state index contributed by atoms with van der Waals surface area (Å²) >= 11 is 0. The van der Waals surface area contributed by atoms with Crippen LogP contribution in [0, 0.1) is 5.92 Å². The van der Waals surface area contributed by atoms with Gasteiger partial charge in [-0.25, -0.2) is 4.79 Å². The monoisotopic (exact) mass is 347 g/mol. The lowest BCUT2D eigenvalue weighted by Gasteiger charge is -2.20. The highest BCUT2D eigenvalue weighted by Gasteiger charge is 2.31. The summed E-state index contributed by atoms with van der Waals surface area (Å²) in [6, 6.07) is 2.65. The Bertz CT molecular complexity index is 570. The normalized spacial score (nSPS) is 14.2. The fourth-order valence-electron chi connectivity index (χ4n) is 2.08. The lowest BCUT2D eigenvalue weighted by Crippen LogP contribution is -2.44. The van der Waals surface area contributed by atoms with Crippen LogP contribution in [-0.4, -0.2) is 30.1 Å². The standard InChI is InChI=1S/C16H20F3NO4/c1-9(2)8-12(15(23)24-3)20-14(22)13(21)10-4-6-11(7-5-10)16(17,18)19/h4-7,9,12-13,21H,8H2,1-3H3,(H,20,22)/t12-,13+/m1/s1. The Morgan fingerprint density at radius 2 is 1.75 bits per heavy atom. The number of aliphatic hydroxyl groups excluding tert-OH is 1. The van der Waals surface area contributed by atoms with Gasteiger partial charge >= 0.3 is 12.1 Å². The topological polar surface area (TPSA) is 75.6 Å². The SMILES string of the molecule is COC(=O)[C@@H](CC(C)C)NC(=O)[C@@H](O)c1ccc(C(F)(F)F)cc1. The third kappa shape index (κ3) is 5.52. The molecule has 2 atom stereocenters. The third-order valence-electron chi connectivity index (χ3n) is 3.31. The second-order valence-corrected chi connectivity index (χ2v) is 5.74. The molecular weight excluding hydrogens is 327 g/mol. The molecule has 0 radical (unpaired) electrons. The molecule has 0 aliphatic carbocycles. The van der Waals surface area contributed by atoms with E-state index in [-0.39, 0.29) is 11.5 Å². The van der Waals surface area contributed by atoms with Crippen molar-refractivity contribution >= 4 is 11.9 Å². The van der Waals surface area contributed by atoms with E-state index in [0.717, 1.165) is 24.3 Å². The molecule has 0 aromatic heterocycles. The molecule has 2 N–H and O–H groups in total. The minimum Gasteiger partial charge on any atom is -0.467 e. The molecule has 0 saturated carbocycles. The molecular formula is C16H20F3NO4. The van der Waals surface area contributed by atoms with E-state index in [9.17, 15) is 27.9 Å². The van der Waals surface area contributed by atoms with Crippen LogP contribution in [0.2, 0.25) is 0 Å². The summed E-state index contributed by atoms with van der Waals surface area (Å²) in [5.41, 5.74) is -0.889. The molecule has 8 heteroatoms. The Kier molecular flexibility index (Phi) is 6.77. The molecule has 0 unspecified atom stereocenters. The van der Waals surface area contributed by atoms with Crippen molar-refractivity contribution in [1.82, 2.24) is 5.32 Å². The molecule has 5 nitrogen and oxygen atoms in total. The molecule has 1 aromatic carbocycles. The smallest absolute Gasteiger partial charge is 0.416 e. The van der Waals surface area contributed by atoms with Gasteiger partial charge < -0.3 is 15.2 Å². The molecule has 1 aromatic rings. The van der Waals surface area contributed by atoms with Gasteiger partial charge in [-0.1, -0.05) is 26.0 Å². The van der Waals surface area contributed by atoms with Gasteiger partial charge in [0.25, 0.3) is 5.91 Å². The number of alkyl halides is 3. The lowest BCUT2D eigenvalue weighted by molar-refractivity contribution is -0.146. The zero-order valence-electron chi connectivity index (χ0n) is 13.6. The molecule has 0 aliphatic rings.